The number of aromatic nitrogens is 3. The molecular formula is C18H22N4. The highest BCUT2D eigenvalue weighted by atomic mass is 15.1. The fourth-order valence-corrected chi connectivity index (χ4v) is 2.67. The summed E-state index contributed by atoms with van der Waals surface area (Å²) in [5.41, 5.74) is 2.39. The SMILES string of the molecule is CCc1nccc(CN(C)CCn2ccc3ccccc32)n1. The quantitative estimate of drug-likeness (QED) is 0.700. The molecule has 1 aromatic carbocycles. The Morgan fingerprint density at radius 1 is 1.14 bits per heavy atom. The van der Waals surface area contributed by atoms with Crippen LogP contribution in [0.15, 0.2) is 48.8 Å². The van der Waals surface area contributed by atoms with Gasteiger partial charge in [0.15, 0.2) is 0 Å². The van der Waals surface area contributed by atoms with Gasteiger partial charge in [-0.2, -0.15) is 0 Å². The van der Waals surface area contributed by atoms with Crippen LogP contribution in [0.1, 0.15) is 18.4 Å². The van der Waals surface area contributed by atoms with Gasteiger partial charge < -0.3 is 4.57 Å². The summed E-state index contributed by atoms with van der Waals surface area (Å²) in [5.74, 6) is 0.919. The molecule has 22 heavy (non-hydrogen) atoms. The van der Waals surface area contributed by atoms with Gasteiger partial charge in [-0.15, -0.1) is 0 Å². The van der Waals surface area contributed by atoms with E-state index in [-0.39, 0.29) is 0 Å². The number of likely N-dealkylation sites (N-methyl/N-ethyl adjacent to an activating group) is 1. The van der Waals surface area contributed by atoms with E-state index >= 15 is 0 Å². The molecule has 0 atom stereocenters. The monoisotopic (exact) mass is 294 g/mol. The van der Waals surface area contributed by atoms with E-state index in [9.17, 15) is 0 Å². The van der Waals surface area contributed by atoms with Crippen LogP contribution in [-0.4, -0.2) is 33.0 Å². The largest absolute Gasteiger partial charge is 0.346 e. The molecule has 0 amide bonds. The maximum atomic E-state index is 4.57. The zero-order valence-electron chi connectivity index (χ0n) is 13.2. The molecule has 0 fully saturated rings. The highest BCUT2D eigenvalue weighted by molar-refractivity contribution is 5.79. The van der Waals surface area contributed by atoms with Crippen molar-refractivity contribution in [1.29, 1.82) is 0 Å². The van der Waals surface area contributed by atoms with Crippen molar-refractivity contribution in [3.63, 3.8) is 0 Å². The minimum absolute atomic E-state index is 0.856. The van der Waals surface area contributed by atoms with Crippen LogP contribution in [0.25, 0.3) is 10.9 Å². The van der Waals surface area contributed by atoms with E-state index in [1.165, 1.54) is 10.9 Å². The van der Waals surface area contributed by atoms with E-state index in [0.717, 1.165) is 37.6 Å². The smallest absolute Gasteiger partial charge is 0.128 e. The van der Waals surface area contributed by atoms with Crippen LogP contribution >= 0.6 is 0 Å². The molecule has 0 aliphatic heterocycles. The van der Waals surface area contributed by atoms with Crippen LogP contribution in [0.5, 0.6) is 0 Å². The highest BCUT2D eigenvalue weighted by Crippen LogP contribution is 2.15. The van der Waals surface area contributed by atoms with Crippen molar-refractivity contribution >= 4 is 10.9 Å². The van der Waals surface area contributed by atoms with Crippen molar-refractivity contribution in [2.75, 3.05) is 13.6 Å². The van der Waals surface area contributed by atoms with Gasteiger partial charge in [-0.25, -0.2) is 9.97 Å². The molecule has 3 aromatic rings. The van der Waals surface area contributed by atoms with Crippen molar-refractivity contribution in [2.45, 2.75) is 26.4 Å². The Hall–Kier alpha value is -2.20. The molecule has 2 heterocycles. The predicted molar refractivity (Wildman–Crippen MR) is 89.7 cm³/mol. The maximum Gasteiger partial charge on any atom is 0.128 e. The third-order valence-corrected chi connectivity index (χ3v) is 3.91. The Balaban J connectivity index is 1.61. The zero-order chi connectivity index (χ0) is 15.4. The molecule has 0 aliphatic rings. The van der Waals surface area contributed by atoms with Gasteiger partial charge in [-0.05, 0) is 30.6 Å². The van der Waals surface area contributed by atoms with Gasteiger partial charge in [0.1, 0.15) is 5.82 Å². The average molecular weight is 294 g/mol. The van der Waals surface area contributed by atoms with Gasteiger partial charge >= 0.3 is 0 Å². The van der Waals surface area contributed by atoms with E-state index in [0.29, 0.717) is 0 Å². The second-order valence-electron chi connectivity index (χ2n) is 5.62. The molecule has 3 rings (SSSR count). The lowest BCUT2D eigenvalue weighted by molar-refractivity contribution is 0.309. The van der Waals surface area contributed by atoms with Gasteiger partial charge in [0, 0.05) is 44.0 Å². The molecule has 0 saturated heterocycles. The summed E-state index contributed by atoms with van der Waals surface area (Å²) < 4.78 is 2.31. The molecule has 0 aliphatic carbocycles. The molecular weight excluding hydrogens is 272 g/mol. The Morgan fingerprint density at radius 2 is 2.00 bits per heavy atom. The molecule has 0 radical (unpaired) electrons. The number of aryl methyl sites for hydroxylation is 1. The molecule has 2 aromatic heterocycles. The van der Waals surface area contributed by atoms with Gasteiger partial charge in [0.05, 0.1) is 5.69 Å². The minimum atomic E-state index is 0.856. The van der Waals surface area contributed by atoms with Gasteiger partial charge in [0.2, 0.25) is 0 Å². The standard InChI is InChI=1S/C18H22N4/c1-3-18-19-10-8-16(20-18)14-21(2)12-13-22-11-9-15-6-4-5-7-17(15)22/h4-11H,3,12-14H2,1-2H3. The van der Waals surface area contributed by atoms with Crippen molar-refractivity contribution < 1.29 is 0 Å². The lowest BCUT2D eigenvalue weighted by Crippen LogP contribution is -2.23. The first-order valence-electron chi connectivity index (χ1n) is 7.79. The lowest BCUT2D eigenvalue weighted by Gasteiger charge is -2.17. The van der Waals surface area contributed by atoms with E-state index in [1.807, 2.05) is 12.3 Å². The second kappa shape index (κ2) is 6.71. The summed E-state index contributed by atoms with van der Waals surface area (Å²) in [4.78, 5) is 11.1. The minimum Gasteiger partial charge on any atom is -0.346 e. The topological polar surface area (TPSA) is 34.0 Å². The van der Waals surface area contributed by atoms with Crippen molar-refractivity contribution in [3.05, 3.63) is 60.3 Å². The molecule has 0 N–H and O–H groups in total. The summed E-state index contributed by atoms with van der Waals surface area (Å²) in [6.45, 7) is 4.91. The summed E-state index contributed by atoms with van der Waals surface area (Å²) in [5, 5.41) is 1.30. The zero-order valence-corrected chi connectivity index (χ0v) is 13.2. The number of para-hydroxylation sites is 1. The van der Waals surface area contributed by atoms with E-state index in [4.69, 9.17) is 0 Å². The van der Waals surface area contributed by atoms with E-state index < -0.39 is 0 Å². The molecule has 0 bridgehead atoms. The van der Waals surface area contributed by atoms with E-state index in [2.05, 4.69) is 69.9 Å². The summed E-state index contributed by atoms with van der Waals surface area (Å²) >= 11 is 0. The fourth-order valence-electron chi connectivity index (χ4n) is 2.67. The van der Waals surface area contributed by atoms with Crippen molar-refractivity contribution in [2.24, 2.45) is 0 Å². The molecule has 4 nitrogen and oxygen atoms in total. The molecule has 114 valence electrons. The Labute approximate surface area is 131 Å². The van der Waals surface area contributed by atoms with Crippen molar-refractivity contribution in [3.8, 4) is 0 Å². The first kappa shape index (κ1) is 14.7. The third-order valence-electron chi connectivity index (χ3n) is 3.91. The number of rotatable bonds is 6. The number of nitrogens with zero attached hydrogens (tertiary/aromatic N) is 4. The van der Waals surface area contributed by atoms with Crippen molar-refractivity contribution in [1.82, 2.24) is 19.4 Å². The molecule has 4 heteroatoms. The lowest BCUT2D eigenvalue weighted by atomic mass is 10.2. The van der Waals surface area contributed by atoms with Gasteiger partial charge in [-0.1, -0.05) is 25.1 Å². The number of fused-ring (bicyclic) bond motifs is 1. The van der Waals surface area contributed by atoms with E-state index in [1.54, 1.807) is 0 Å². The van der Waals surface area contributed by atoms with Gasteiger partial charge in [-0.3, -0.25) is 4.90 Å². The second-order valence-corrected chi connectivity index (χ2v) is 5.62. The number of hydrogen-bond donors (Lipinski definition) is 0. The van der Waals surface area contributed by atoms with Gasteiger partial charge in [0.25, 0.3) is 0 Å². The van der Waals surface area contributed by atoms with Crippen LogP contribution < -0.4 is 0 Å². The van der Waals surface area contributed by atoms with Crippen LogP contribution in [0.3, 0.4) is 0 Å². The molecule has 0 unspecified atom stereocenters. The predicted octanol–water partition coefficient (Wildman–Crippen LogP) is 3.13. The normalized spacial score (nSPS) is 11.4. The maximum absolute atomic E-state index is 4.57. The Bertz CT molecular complexity index is 747. The Kier molecular flexibility index (Phi) is 4.49. The first-order chi connectivity index (χ1) is 10.8. The number of benzene rings is 1. The molecule has 0 spiro atoms. The summed E-state index contributed by atoms with van der Waals surface area (Å²) in [6, 6.07) is 12.7. The van der Waals surface area contributed by atoms with Crippen LogP contribution in [0, 0.1) is 0 Å². The third kappa shape index (κ3) is 3.34. The fraction of sp³-hybridized carbons (Fsp3) is 0.333. The highest BCUT2D eigenvalue weighted by Gasteiger charge is 2.05. The summed E-state index contributed by atoms with van der Waals surface area (Å²) in [7, 11) is 2.14. The number of hydrogen-bond acceptors (Lipinski definition) is 3. The Morgan fingerprint density at radius 3 is 2.86 bits per heavy atom. The average Bonchev–Trinajstić information content (AvgIpc) is 2.96. The van der Waals surface area contributed by atoms with Crippen LogP contribution in [0.4, 0.5) is 0 Å². The van der Waals surface area contributed by atoms with Crippen LogP contribution in [-0.2, 0) is 19.5 Å². The molecule has 0 saturated carbocycles. The van der Waals surface area contributed by atoms with Crippen LogP contribution in [0.2, 0.25) is 0 Å². The summed E-state index contributed by atoms with van der Waals surface area (Å²) in [6.07, 6.45) is 4.90. The first-order valence-corrected chi connectivity index (χ1v) is 7.79.